The van der Waals surface area contributed by atoms with Crippen LogP contribution < -0.4 is 0 Å². The summed E-state index contributed by atoms with van der Waals surface area (Å²) >= 11 is 7.06. The third-order valence-corrected chi connectivity index (χ3v) is 3.93. The first-order valence-corrected chi connectivity index (χ1v) is 6.63. The van der Waals surface area contributed by atoms with Gasteiger partial charge in [0.1, 0.15) is 20.7 Å². The number of fused-ring (bicyclic) bond motifs is 1. The average molecular weight is 280 g/mol. The molecule has 3 aromatic rings. The summed E-state index contributed by atoms with van der Waals surface area (Å²) in [5, 5.41) is 11.7. The minimum Gasteiger partial charge on any atom is -0.458 e. The van der Waals surface area contributed by atoms with Crippen molar-refractivity contribution in [3.63, 3.8) is 0 Å². The van der Waals surface area contributed by atoms with Gasteiger partial charge in [0.2, 0.25) is 0 Å². The van der Waals surface area contributed by atoms with Crippen LogP contribution in [0.5, 0.6) is 0 Å². The quantitative estimate of drug-likeness (QED) is 0.773. The number of nitrogens with zero attached hydrogens (tertiary/aromatic N) is 1. The third-order valence-electron chi connectivity index (χ3n) is 2.76. The maximum Gasteiger partial charge on any atom is 0.163 e. The Morgan fingerprint density at radius 3 is 2.94 bits per heavy atom. The summed E-state index contributed by atoms with van der Waals surface area (Å²) in [6.07, 6.45) is 0.660. The molecular weight excluding hydrogens is 270 g/mol. The molecule has 1 unspecified atom stereocenters. The van der Waals surface area contributed by atoms with E-state index in [1.54, 1.807) is 0 Å². The zero-order valence-electron chi connectivity index (χ0n) is 9.55. The highest BCUT2D eigenvalue weighted by Crippen LogP contribution is 2.32. The van der Waals surface area contributed by atoms with Crippen LogP contribution in [0.25, 0.3) is 11.0 Å². The normalized spacial score (nSPS) is 13.1. The number of halogens is 1. The van der Waals surface area contributed by atoms with Crippen LogP contribution in [0, 0.1) is 6.92 Å². The molecule has 2 heterocycles. The van der Waals surface area contributed by atoms with E-state index in [1.807, 2.05) is 31.2 Å². The highest BCUT2D eigenvalue weighted by molar-refractivity contribution is 7.15. The van der Waals surface area contributed by atoms with Crippen LogP contribution in [0.1, 0.15) is 22.4 Å². The van der Waals surface area contributed by atoms with Gasteiger partial charge in [-0.25, -0.2) is 4.98 Å². The van der Waals surface area contributed by atoms with E-state index in [4.69, 9.17) is 16.0 Å². The summed E-state index contributed by atoms with van der Waals surface area (Å²) in [6, 6.07) is 7.73. The van der Waals surface area contributed by atoms with Crippen molar-refractivity contribution in [2.45, 2.75) is 13.0 Å². The Balaban J connectivity index is 2.06. The molecule has 1 aromatic carbocycles. The van der Waals surface area contributed by atoms with Crippen LogP contribution in [0.15, 0.2) is 34.9 Å². The van der Waals surface area contributed by atoms with Crippen molar-refractivity contribution in [2.75, 3.05) is 0 Å². The van der Waals surface area contributed by atoms with Crippen LogP contribution in [-0.4, -0.2) is 10.1 Å². The van der Waals surface area contributed by atoms with E-state index < -0.39 is 6.10 Å². The maximum atomic E-state index is 10.2. The van der Waals surface area contributed by atoms with E-state index in [-0.39, 0.29) is 0 Å². The van der Waals surface area contributed by atoms with Crippen molar-refractivity contribution in [3.8, 4) is 0 Å². The molecule has 0 aliphatic carbocycles. The molecule has 0 fully saturated rings. The zero-order chi connectivity index (χ0) is 12.7. The van der Waals surface area contributed by atoms with E-state index >= 15 is 0 Å². The van der Waals surface area contributed by atoms with Gasteiger partial charge in [-0.3, -0.25) is 0 Å². The number of rotatable bonds is 2. The van der Waals surface area contributed by atoms with Crippen LogP contribution in [-0.2, 0) is 0 Å². The van der Waals surface area contributed by atoms with Crippen molar-refractivity contribution in [3.05, 3.63) is 51.1 Å². The second-order valence-corrected chi connectivity index (χ2v) is 5.74. The number of hydrogen-bond acceptors (Lipinski definition) is 4. The van der Waals surface area contributed by atoms with Gasteiger partial charge >= 0.3 is 0 Å². The van der Waals surface area contributed by atoms with Crippen LogP contribution in [0.2, 0.25) is 4.34 Å². The molecule has 92 valence electrons. The van der Waals surface area contributed by atoms with Crippen LogP contribution >= 0.6 is 22.9 Å². The molecule has 18 heavy (non-hydrogen) atoms. The second-order valence-electron chi connectivity index (χ2n) is 4.05. The number of hydrogen-bond donors (Lipinski definition) is 1. The number of aryl methyl sites for hydroxylation is 1. The van der Waals surface area contributed by atoms with Gasteiger partial charge in [-0.05, 0) is 18.6 Å². The van der Waals surface area contributed by atoms with Crippen molar-refractivity contribution in [2.24, 2.45) is 0 Å². The van der Waals surface area contributed by atoms with Gasteiger partial charge < -0.3 is 9.52 Å². The van der Waals surface area contributed by atoms with E-state index in [9.17, 15) is 5.11 Å². The van der Waals surface area contributed by atoms with Crippen LogP contribution in [0.3, 0.4) is 0 Å². The first kappa shape index (κ1) is 11.7. The molecule has 5 heteroatoms. The van der Waals surface area contributed by atoms with E-state index in [0.29, 0.717) is 15.1 Å². The van der Waals surface area contributed by atoms with Gasteiger partial charge in [0.25, 0.3) is 0 Å². The van der Waals surface area contributed by atoms with Crippen molar-refractivity contribution >= 4 is 33.9 Å². The fraction of sp³-hybridized carbons (Fsp3) is 0.154. The summed E-state index contributed by atoms with van der Waals surface area (Å²) in [5.74, 6) is 0.491. The Hall–Kier alpha value is -1.36. The second kappa shape index (κ2) is 4.39. The topological polar surface area (TPSA) is 46.3 Å². The highest BCUT2D eigenvalue weighted by atomic mass is 35.5. The molecule has 1 N–H and O–H groups in total. The Kier molecular flexibility index (Phi) is 2.86. The molecule has 2 aromatic heterocycles. The largest absolute Gasteiger partial charge is 0.458 e. The van der Waals surface area contributed by atoms with Gasteiger partial charge in [0.15, 0.2) is 6.10 Å². The Bertz CT molecular complexity index is 704. The molecule has 0 saturated heterocycles. The molecule has 0 saturated carbocycles. The van der Waals surface area contributed by atoms with Gasteiger partial charge in [-0.2, -0.15) is 0 Å². The molecule has 0 radical (unpaired) electrons. The molecule has 3 rings (SSSR count). The SMILES string of the molecule is Cc1cccc2cc(C(O)c3ncc(Cl)s3)oc12. The Labute approximate surface area is 113 Å². The number of para-hydroxylation sites is 1. The van der Waals surface area contributed by atoms with Gasteiger partial charge in [0.05, 0.1) is 6.20 Å². The van der Waals surface area contributed by atoms with Crippen molar-refractivity contribution in [1.82, 2.24) is 4.98 Å². The third kappa shape index (κ3) is 1.92. The maximum absolute atomic E-state index is 10.2. The van der Waals surface area contributed by atoms with E-state index in [1.165, 1.54) is 17.5 Å². The van der Waals surface area contributed by atoms with Gasteiger partial charge in [0, 0.05) is 5.39 Å². The minimum absolute atomic E-state index is 0.491. The molecule has 0 bridgehead atoms. The Morgan fingerprint density at radius 2 is 2.28 bits per heavy atom. The lowest BCUT2D eigenvalue weighted by Crippen LogP contribution is -1.96. The number of aromatic nitrogens is 1. The van der Waals surface area contributed by atoms with Crippen molar-refractivity contribution in [1.29, 1.82) is 0 Å². The smallest absolute Gasteiger partial charge is 0.163 e. The lowest BCUT2D eigenvalue weighted by atomic mass is 10.2. The summed E-state index contributed by atoms with van der Waals surface area (Å²) < 4.78 is 6.25. The summed E-state index contributed by atoms with van der Waals surface area (Å²) in [5.41, 5.74) is 1.84. The fourth-order valence-corrected chi connectivity index (χ4v) is 2.80. The lowest BCUT2D eigenvalue weighted by Gasteiger charge is -2.02. The number of aliphatic hydroxyl groups is 1. The first-order chi connectivity index (χ1) is 8.65. The monoisotopic (exact) mass is 279 g/mol. The fourth-order valence-electron chi connectivity index (χ4n) is 1.88. The van der Waals surface area contributed by atoms with Gasteiger partial charge in [-0.15, -0.1) is 11.3 Å². The zero-order valence-corrected chi connectivity index (χ0v) is 11.1. The van der Waals surface area contributed by atoms with E-state index in [0.717, 1.165) is 16.5 Å². The first-order valence-electron chi connectivity index (χ1n) is 5.43. The molecule has 1 atom stereocenters. The minimum atomic E-state index is -0.866. The number of thiazole rings is 1. The standard InChI is InChI=1S/C13H10ClNO2S/c1-7-3-2-4-8-5-9(17-12(7)8)11(16)13-15-6-10(14)18-13/h2-6,11,16H,1H3. The predicted molar refractivity (Wildman–Crippen MR) is 72.1 cm³/mol. The highest BCUT2D eigenvalue weighted by Gasteiger charge is 2.19. The number of furan rings is 1. The Morgan fingerprint density at radius 1 is 1.44 bits per heavy atom. The molecule has 0 spiro atoms. The predicted octanol–water partition coefficient (Wildman–Crippen LogP) is 3.93. The lowest BCUT2D eigenvalue weighted by molar-refractivity contribution is 0.192. The van der Waals surface area contributed by atoms with Crippen LogP contribution in [0.4, 0.5) is 0 Å². The van der Waals surface area contributed by atoms with E-state index in [2.05, 4.69) is 4.98 Å². The molecule has 0 aliphatic heterocycles. The number of aliphatic hydroxyl groups excluding tert-OH is 1. The molecular formula is C13H10ClNO2S. The van der Waals surface area contributed by atoms with Gasteiger partial charge in [-0.1, -0.05) is 29.8 Å². The molecule has 0 aliphatic rings. The summed E-state index contributed by atoms with van der Waals surface area (Å²) in [6.45, 7) is 1.97. The van der Waals surface area contributed by atoms with Crippen molar-refractivity contribution < 1.29 is 9.52 Å². The molecule has 0 amide bonds. The molecule has 3 nitrogen and oxygen atoms in total. The summed E-state index contributed by atoms with van der Waals surface area (Å²) in [4.78, 5) is 4.06. The summed E-state index contributed by atoms with van der Waals surface area (Å²) in [7, 11) is 0. The average Bonchev–Trinajstić information content (AvgIpc) is 2.95. The number of benzene rings is 1.